The molecule has 0 aromatic heterocycles. The van der Waals surface area contributed by atoms with Crippen molar-refractivity contribution in [1.82, 2.24) is 4.90 Å². The van der Waals surface area contributed by atoms with Gasteiger partial charge in [-0.15, -0.1) is 12.4 Å². The zero-order chi connectivity index (χ0) is 8.27. The molecule has 1 rings (SSSR count). The third-order valence-electron chi connectivity index (χ3n) is 1.43. The first-order chi connectivity index (χ1) is 5.25. The van der Waals surface area contributed by atoms with Crippen molar-refractivity contribution in [3.63, 3.8) is 0 Å². The molecule has 1 saturated heterocycles. The quantitative estimate of drug-likeness (QED) is 0.735. The first kappa shape index (κ1) is 11.7. The first-order valence-corrected chi connectivity index (χ1v) is 4.41. The highest BCUT2D eigenvalue weighted by atomic mass is 35.5. The molecule has 1 aliphatic heterocycles. The van der Waals surface area contributed by atoms with E-state index in [1.165, 1.54) is 4.90 Å². The number of imide groups is 1. The predicted octanol–water partition coefficient (Wildman–Crippen LogP) is 0.452. The van der Waals surface area contributed by atoms with Crippen molar-refractivity contribution in [3.8, 4) is 0 Å². The van der Waals surface area contributed by atoms with Crippen LogP contribution in [0.2, 0.25) is 0 Å². The van der Waals surface area contributed by atoms with Crippen LogP contribution in [0.3, 0.4) is 0 Å². The van der Waals surface area contributed by atoms with E-state index in [9.17, 15) is 9.59 Å². The van der Waals surface area contributed by atoms with Gasteiger partial charge in [0.05, 0.1) is 5.75 Å². The Balaban J connectivity index is 0.00000121. The van der Waals surface area contributed by atoms with Crippen LogP contribution < -0.4 is 5.73 Å². The summed E-state index contributed by atoms with van der Waals surface area (Å²) in [4.78, 5) is 23.1. The van der Waals surface area contributed by atoms with E-state index in [0.717, 1.165) is 11.8 Å². The maximum Gasteiger partial charge on any atom is 0.288 e. The molecule has 2 amide bonds. The summed E-state index contributed by atoms with van der Waals surface area (Å²) >= 11 is 1.06. The number of hydrogen-bond acceptors (Lipinski definition) is 4. The van der Waals surface area contributed by atoms with Gasteiger partial charge in [0.25, 0.3) is 5.24 Å². The Morgan fingerprint density at radius 1 is 1.50 bits per heavy atom. The van der Waals surface area contributed by atoms with Crippen LogP contribution in [0.1, 0.15) is 6.42 Å². The molecular formula is C6H11ClN2O2S. The molecule has 1 aliphatic rings. The van der Waals surface area contributed by atoms with E-state index < -0.39 is 0 Å². The minimum absolute atomic E-state index is 0. The standard InChI is InChI=1S/C6H10N2O2S.ClH/c7-2-1-3-8-5(9)4-11-6(8)10;/h1-4,7H2;1H. The van der Waals surface area contributed by atoms with Gasteiger partial charge in [-0.2, -0.15) is 0 Å². The fraction of sp³-hybridized carbons (Fsp3) is 0.667. The van der Waals surface area contributed by atoms with Crippen molar-refractivity contribution in [2.45, 2.75) is 6.42 Å². The molecule has 0 spiro atoms. The average molecular weight is 211 g/mol. The number of nitrogens with two attached hydrogens (primary N) is 1. The van der Waals surface area contributed by atoms with Crippen molar-refractivity contribution in [1.29, 1.82) is 0 Å². The van der Waals surface area contributed by atoms with Gasteiger partial charge in [-0.25, -0.2) is 0 Å². The van der Waals surface area contributed by atoms with E-state index in [1.807, 2.05) is 0 Å². The minimum atomic E-state index is -0.136. The maximum atomic E-state index is 10.9. The molecule has 12 heavy (non-hydrogen) atoms. The topological polar surface area (TPSA) is 63.4 Å². The van der Waals surface area contributed by atoms with E-state index in [-0.39, 0.29) is 23.6 Å². The number of amides is 2. The normalized spacial score (nSPS) is 16.6. The smallest absolute Gasteiger partial charge is 0.288 e. The molecule has 70 valence electrons. The molecule has 4 nitrogen and oxygen atoms in total. The number of carbonyl (C=O) groups excluding carboxylic acids is 2. The molecule has 1 heterocycles. The van der Waals surface area contributed by atoms with Crippen molar-refractivity contribution in [2.24, 2.45) is 5.73 Å². The summed E-state index contributed by atoms with van der Waals surface area (Å²) in [6, 6.07) is 0. The Bertz CT molecular complexity index is 172. The second-order valence-corrected chi connectivity index (χ2v) is 3.17. The fourth-order valence-electron chi connectivity index (χ4n) is 0.847. The molecule has 6 heteroatoms. The highest BCUT2D eigenvalue weighted by Crippen LogP contribution is 2.18. The van der Waals surface area contributed by atoms with E-state index >= 15 is 0 Å². The predicted molar refractivity (Wildman–Crippen MR) is 50.5 cm³/mol. The number of rotatable bonds is 3. The molecule has 0 aliphatic carbocycles. The van der Waals surface area contributed by atoms with E-state index in [0.29, 0.717) is 25.3 Å². The van der Waals surface area contributed by atoms with E-state index in [1.54, 1.807) is 0 Å². The van der Waals surface area contributed by atoms with Gasteiger partial charge in [0, 0.05) is 6.54 Å². The summed E-state index contributed by atoms with van der Waals surface area (Å²) in [5.74, 6) is 0.206. The second-order valence-electron chi connectivity index (χ2n) is 2.24. The molecule has 2 N–H and O–H groups in total. The molecule has 0 saturated carbocycles. The van der Waals surface area contributed by atoms with Gasteiger partial charge in [0.1, 0.15) is 0 Å². The Kier molecular flexibility index (Phi) is 5.28. The summed E-state index contributed by atoms with van der Waals surface area (Å²) in [5.41, 5.74) is 5.24. The zero-order valence-electron chi connectivity index (χ0n) is 6.49. The largest absolute Gasteiger partial charge is 0.330 e. The van der Waals surface area contributed by atoms with Crippen LogP contribution in [0.5, 0.6) is 0 Å². The molecule has 0 bridgehead atoms. The maximum absolute atomic E-state index is 10.9. The van der Waals surface area contributed by atoms with Crippen LogP contribution in [-0.2, 0) is 4.79 Å². The highest BCUT2D eigenvalue weighted by Gasteiger charge is 2.28. The van der Waals surface area contributed by atoms with Crippen molar-refractivity contribution < 1.29 is 9.59 Å². The molecule has 1 fully saturated rings. The third-order valence-corrected chi connectivity index (χ3v) is 2.29. The second kappa shape index (κ2) is 5.40. The summed E-state index contributed by atoms with van der Waals surface area (Å²) in [6.07, 6.45) is 0.692. The Labute approximate surface area is 81.3 Å². The first-order valence-electron chi connectivity index (χ1n) is 3.43. The van der Waals surface area contributed by atoms with Crippen LogP contribution in [0.25, 0.3) is 0 Å². The molecule has 0 unspecified atom stereocenters. The number of carbonyl (C=O) groups is 2. The van der Waals surface area contributed by atoms with Crippen molar-refractivity contribution >= 4 is 35.3 Å². The summed E-state index contributed by atoms with van der Waals surface area (Å²) in [6.45, 7) is 0.989. The Morgan fingerprint density at radius 2 is 2.17 bits per heavy atom. The number of hydrogen-bond donors (Lipinski definition) is 1. The monoisotopic (exact) mass is 210 g/mol. The van der Waals surface area contributed by atoms with Crippen LogP contribution in [-0.4, -0.2) is 34.9 Å². The van der Waals surface area contributed by atoms with Crippen LogP contribution >= 0.6 is 24.2 Å². The van der Waals surface area contributed by atoms with Gasteiger partial charge < -0.3 is 5.73 Å². The van der Waals surface area contributed by atoms with Crippen molar-refractivity contribution in [2.75, 3.05) is 18.8 Å². The van der Waals surface area contributed by atoms with Gasteiger partial charge >= 0.3 is 0 Å². The van der Waals surface area contributed by atoms with Crippen molar-refractivity contribution in [3.05, 3.63) is 0 Å². The number of nitrogens with zero attached hydrogens (tertiary/aromatic N) is 1. The summed E-state index contributed by atoms with van der Waals surface area (Å²) < 4.78 is 0. The van der Waals surface area contributed by atoms with Gasteiger partial charge in [0.2, 0.25) is 5.91 Å². The van der Waals surface area contributed by atoms with Gasteiger partial charge in [-0.3, -0.25) is 14.5 Å². The minimum Gasteiger partial charge on any atom is -0.330 e. The van der Waals surface area contributed by atoms with E-state index in [4.69, 9.17) is 5.73 Å². The number of thioether (sulfide) groups is 1. The molecule has 0 aromatic carbocycles. The highest BCUT2D eigenvalue weighted by molar-refractivity contribution is 8.14. The molecule has 0 radical (unpaired) electrons. The molecular weight excluding hydrogens is 200 g/mol. The average Bonchev–Trinajstić information content (AvgIpc) is 2.29. The molecule has 0 atom stereocenters. The Morgan fingerprint density at radius 3 is 2.58 bits per heavy atom. The lowest BCUT2D eigenvalue weighted by molar-refractivity contribution is -0.124. The van der Waals surface area contributed by atoms with E-state index in [2.05, 4.69) is 0 Å². The summed E-state index contributed by atoms with van der Waals surface area (Å²) in [5, 5.41) is -0.136. The fourth-order valence-corrected chi connectivity index (χ4v) is 1.60. The van der Waals surface area contributed by atoms with Crippen LogP contribution in [0.15, 0.2) is 0 Å². The van der Waals surface area contributed by atoms with Gasteiger partial charge in [-0.1, -0.05) is 11.8 Å². The SMILES string of the molecule is Cl.NCCCN1C(=O)CSC1=O. The van der Waals surface area contributed by atoms with Crippen LogP contribution in [0.4, 0.5) is 4.79 Å². The lowest BCUT2D eigenvalue weighted by Crippen LogP contribution is -2.30. The lowest BCUT2D eigenvalue weighted by atomic mass is 10.4. The lowest BCUT2D eigenvalue weighted by Gasteiger charge is -2.10. The van der Waals surface area contributed by atoms with Gasteiger partial charge in [0.15, 0.2) is 0 Å². The van der Waals surface area contributed by atoms with Crippen LogP contribution in [0, 0.1) is 0 Å². The molecule has 0 aromatic rings. The number of halogens is 1. The summed E-state index contributed by atoms with van der Waals surface area (Å²) in [7, 11) is 0. The Hall–Kier alpha value is -0.260. The third kappa shape index (κ3) is 2.66. The zero-order valence-corrected chi connectivity index (χ0v) is 8.12. The van der Waals surface area contributed by atoms with Gasteiger partial charge in [-0.05, 0) is 13.0 Å².